The van der Waals surface area contributed by atoms with Crippen molar-refractivity contribution in [2.75, 3.05) is 27.3 Å². The summed E-state index contributed by atoms with van der Waals surface area (Å²) in [4.78, 5) is 2.22. The van der Waals surface area contributed by atoms with Crippen molar-refractivity contribution in [3.63, 3.8) is 0 Å². The second kappa shape index (κ2) is 7.28. The number of ether oxygens (including phenoxy) is 1. The van der Waals surface area contributed by atoms with Crippen LogP contribution >= 0.6 is 11.6 Å². The van der Waals surface area contributed by atoms with Crippen LogP contribution in [-0.4, -0.2) is 37.6 Å². The molecule has 0 amide bonds. The lowest BCUT2D eigenvalue weighted by atomic mass is 9.87. The highest BCUT2D eigenvalue weighted by atomic mass is 35.5. The number of rotatable bonds is 6. The number of alkyl halides is 1. The monoisotopic (exact) mass is 283 g/mol. The van der Waals surface area contributed by atoms with Crippen molar-refractivity contribution < 1.29 is 4.74 Å². The predicted molar refractivity (Wildman–Crippen MR) is 83.0 cm³/mol. The maximum Gasteiger partial charge on any atom is 0.0696 e. The van der Waals surface area contributed by atoms with E-state index < -0.39 is 0 Å². The van der Waals surface area contributed by atoms with E-state index in [-0.39, 0.29) is 10.8 Å². The molecular weight excluding hydrogens is 258 g/mol. The van der Waals surface area contributed by atoms with E-state index in [1.165, 1.54) is 11.1 Å². The summed E-state index contributed by atoms with van der Waals surface area (Å²) in [5.74, 6) is 0. The fourth-order valence-electron chi connectivity index (χ4n) is 2.06. The average molecular weight is 284 g/mol. The van der Waals surface area contributed by atoms with Gasteiger partial charge in [-0.3, -0.25) is 0 Å². The Morgan fingerprint density at radius 2 is 1.79 bits per heavy atom. The van der Waals surface area contributed by atoms with E-state index in [4.69, 9.17) is 16.3 Å². The van der Waals surface area contributed by atoms with Crippen LogP contribution in [0.4, 0.5) is 0 Å². The first-order chi connectivity index (χ1) is 8.82. The highest BCUT2D eigenvalue weighted by molar-refractivity contribution is 6.20. The molecule has 0 aromatic heterocycles. The molecule has 0 aliphatic carbocycles. The van der Waals surface area contributed by atoms with Gasteiger partial charge in [-0.15, -0.1) is 11.6 Å². The van der Waals surface area contributed by atoms with Crippen LogP contribution in [0, 0.1) is 0 Å². The smallest absolute Gasteiger partial charge is 0.0696 e. The topological polar surface area (TPSA) is 12.5 Å². The molecule has 0 bridgehead atoms. The minimum Gasteiger partial charge on any atom is -0.383 e. The molecule has 1 unspecified atom stereocenters. The van der Waals surface area contributed by atoms with E-state index in [1.807, 2.05) is 0 Å². The fraction of sp³-hybridized carbons (Fsp3) is 0.625. The molecule has 0 aliphatic rings. The van der Waals surface area contributed by atoms with Gasteiger partial charge in [0.1, 0.15) is 0 Å². The second-order valence-electron chi connectivity index (χ2n) is 6.20. The van der Waals surface area contributed by atoms with Gasteiger partial charge in [0.2, 0.25) is 0 Å². The molecule has 108 valence electrons. The van der Waals surface area contributed by atoms with Gasteiger partial charge in [-0.05, 0) is 23.6 Å². The van der Waals surface area contributed by atoms with Crippen LogP contribution in [0.3, 0.4) is 0 Å². The Hall–Kier alpha value is -0.570. The zero-order valence-electron chi connectivity index (χ0n) is 12.7. The van der Waals surface area contributed by atoms with Crippen molar-refractivity contribution in [2.45, 2.75) is 38.1 Å². The Morgan fingerprint density at radius 3 is 2.26 bits per heavy atom. The van der Waals surface area contributed by atoms with Crippen molar-refractivity contribution in [2.24, 2.45) is 0 Å². The van der Waals surface area contributed by atoms with Gasteiger partial charge in [0.15, 0.2) is 0 Å². The summed E-state index contributed by atoms with van der Waals surface area (Å²) in [6, 6.07) is 8.85. The minimum absolute atomic E-state index is 0.0452. The largest absolute Gasteiger partial charge is 0.383 e. The molecular formula is C16H26ClNO. The van der Waals surface area contributed by atoms with E-state index in [1.54, 1.807) is 7.11 Å². The Kier molecular flexibility index (Phi) is 6.31. The normalized spacial score (nSPS) is 13.8. The molecule has 0 spiro atoms. The molecule has 2 nitrogen and oxygen atoms in total. The van der Waals surface area contributed by atoms with E-state index in [9.17, 15) is 0 Å². The SMILES string of the molecule is COCC(Cl)CN(C)Cc1ccc(C(C)(C)C)cc1. The Balaban J connectivity index is 2.53. The van der Waals surface area contributed by atoms with E-state index in [0.717, 1.165) is 13.1 Å². The zero-order valence-corrected chi connectivity index (χ0v) is 13.5. The summed E-state index contributed by atoms with van der Waals surface area (Å²) < 4.78 is 5.05. The molecule has 19 heavy (non-hydrogen) atoms. The molecule has 0 fully saturated rings. The number of halogens is 1. The first-order valence-electron chi connectivity index (χ1n) is 6.74. The average Bonchev–Trinajstić information content (AvgIpc) is 2.28. The van der Waals surface area contributed by atoms with Crippen molar-refractivity contribution in [1.29, 1.82) is 0 Å². The molecule has 0 heterocycles. The van der Waals surface area contributed by atoms with Crippen molar-refractivity contribution in [3.8, 4) is 0 Å². The lowest BCUT2D eigenvalue weighted by Gasteiger charge is -2.22. The highest BCUT2D eigenvalue weighted by Gasteiger charge is 2.13. The molecule has 1 aromatic rings. The van der Waals surface area contributed by atoms with Crippen molar-refractivity contribution >= 4 is 11.6 Å². The van der Waals surface area contributed by atoms with Gasteiger partial charge in [-0.1, -0.05) is 45.0 Å². The third-order valence-corrected chi connectivity index (χ3v) is 3.39. The van der Waals surface area contributed by atoms with Gasteiger partial charge in [0.25, 0.3) is 0 Å². The Bertz CT molecular complexity index is 369. The standard InChI is InChI=1S/C16H26ClNO/c1-16(2,3)14-8-6-13(7-9-14)10-18(4)11-15(17)12-19-5/h6-9,15H,10-12H2,1-5H3. The summed E-state index contributed by atoms with van der Waals surface area (Å²) in [6.07, 6.45) is 0. The Morgan fingerprint density at radius 1 is 1.21 bits per heavy atom. The van der Waals surface area contributed by atoms with Gasteiger partial charge < -0.3 is 9.64 Å². The number of benzene rings is 1. The lowest BCUT2D eigenvalue weighted by Crippen LogP contribution is -2.28. The number of methoxy groups -OCH3 is 1. The molecule has 1 rings (SSSR count). The van der Waals surface area contributed by atoms with Crippen LogP contribution in [0.5, 0.6) is 0 Å². The van der Waals surface area contributed by atoms with Crippen LogP contribution in [0.15, 0.2) is 24.3 Å². The zero-order chi connectivity index (χ0) is 14.5. The van der Waals surface area contributed by atoms with Crippen molar-refractivity contribution in [1.82, 2.24) is 4.90 Å². The summed E-state index contributed by atoms with van der Waals surface area (Å²) in [5, 5.41) is 0.0452. The van der Waals surface area contributed by atoms with Crippen LogP contribution < -0.4 is 0 Å². The predicted octanol–water partition coefficient (Wildman–Crippen LogP) is 3.67. The van der Waals surface area contributed by atoms with Crippen LogP contribution in [0.1, 0.15) is 31.9 Å². The fourth-order valence-corrected chi connectivity index (χ4v) is 2.42. The summed E-state index contributed by atoms with van der Waals surface area (Å²) in [6.45, 7) is 9.04. The number of hydrogen-bond acceptors (Lipinski definition) is 2. The first kappa shape index (κ1) is 16.5. The quantitative estimate of drug-likeness (QED) is 0.739. The summed E-state index contributed by atoms with van der Waals surface area (Å²) in [5.41, 5.74) is 2.90. The molecule has 0 saturated carbocycles. The van der Waals surface area contributed by atoms with Gasteiger partial charge in [-0.2, -0.15) is 0 Å². The van der Waals surface area contributed by atoms with Gasteiger partial charge in [0, 0.05) is 20.2 Å². The molecule has 0 saturated heterocycles. The molecule has 0 radical (unpaired) electrons. The highest BCUT2D eigenvalue weighted by Crippen LogP contribution is 2.22. The second-order valence-corrected chi connectivity index (χ2v) is 6.81. The van der Waals surface area contributed by atoms with E-state index in [0.29, 0.717) is 6.61 Å². The summed E-state index contributed by atoms with van der Waals surface area (Å²) >= 11 is 6.16. The third kappa shape index (κ3) is 5.94. The first-order valence-corrected chi connectivity index (χ1v) is 7.17. The number of nitrogens with zero attached hydrogens (tertiary/aromatic N) is 1. The molecule has 1 aromatic carbocycles. The van der Waals surface area contributed by atoms with Crippen LogP contribution in [-0.2, 0) is 16.7 Å². The molecule has 1 atom stereocenters. The molecule has 0 aliphatic heterocycles. The maximum absolute atomic E-state index is 6.16. The van der Waals surface area contributed by atoms with Crippen LogP contribution in [0.25, 0.3) is 0 Å². The summed E-state index contributed by atoms with van der Waals surface area (Å²) in [7, 11) is 3.77. The van der Waals surface area contributed by atoms with Crippen molar-refractivity contribution in [3.05, 3.63) is 35.4 Å². The maximum atomic E-state index is 6.16. The van der Waals surface area contributed by atoms with Gasteiger partial charge >= 0.3 is 0 Å². The molecule has 3 heteroatoms. The Labute approximate surface area is 122 Å². The van der Waals surface area contributed by atoms with Gasteiger partial charge in [-0.25, -0.2) is 0 Å². The van der Waals surface area contributed by atoms with Crippen LogP contribution in [0.2, 0.25) is 0 Å². The van der Waals surface area contributed by atoms with Gasteiger partial charge in [0.05, 0.1) is 12.0 Å². The minimum atomic E-state index is 0.0452. The lowest BCUT2D eigenvalue weighted by molar-refractivity contribution is 0.181. The van der Waals surface area contributed by atoms with E-state index >= 15 is 0 Å². The molecule has 0 N–H and O–H groups in total. The van der Waals surface area contributed by atoms with E-state index in [2.05, 4.69) is 57.0 Å². The number of hydrogen-bond donors (Lipinski definition) is 0. The third-order valence-electron chi connectivity index (χ3n) is 3.13.